The molecule has 102 valence electrons. The summed E-state index contributed by atoms with van der Waals surface area (Å²) in [6, 6.07) is 12.5. The van der Waals surface area contributed by atoms with Crippen molar-refractivity contribution in [1.29, 1.82) is 0 Å². The average Bonchev–Trinajstić information content (AvgIpc) is 2.45. The zero-order valence-electron chi connectivity index (χ0n) is 11.3. The molecular weight excluding hydrogens is 253 g/mol. The van der Waals surface area contributed by atoms with Crippen LogP contribution in [0, 0.1) is 24.6 Å². The SMILES string of the molecule is Cc1ccccc1OCc1ccc(C#CCN)cc1F. The number of hydrogen-bond donors (Lipinski definition) is 1. The number of hydrogen-bond acceptors (Lipinski definition) is 2. The number of benzene rings is 2. The molecule has 2 rings (SSSR count). The maximum Gasteiger partial charge on any atom is 0.131 e. The molecule has 0 aliphatic heterocycles. The van der Waals surface area contributed by atoms with Gasteiger partial charge in [-0.05, 0) is 30.7 Å². The maximum absolute atomic E-state index is 13.9. The van der Waals surface area contributed by atoms with E-state index in [1.54, 1.807) is 12.1 Å². The molecule has 0 amide bonds. The zero-order valence-corrected chi connectivity index (χ0v) is 11.3. The number of rotatable bonds is 3. The van der Waals surface area contributed by atoms with E-state index in [2.05, 4.69) is 11.8 Å². The molecule has 2 N–H and O–H groups in total. The Bertz CT molecular complexity index is 656. The minimum atomic E-state index is -0.317. The van der Waals surface area contributed by atoms with Crippen molar-refractivity contribution >= 4 is 0 Å². The van der Waals surface area contributed by atoms with Gasteiger partial charge in [0.15, 0.2) is 0 Å². The molecule has 2 aromatic carbocycles. The number of nitrogens with two attached hydrogens (primary N) is 1. The highest BCUT2D eigenvalue weighted by atomic mass is 19.1. The predicted octanol–water partition coefficient (Wildman–Crippen LogP) is 3.02. The van der Waals surface area contributed by atoms with Crippen molar-refractivity contribution in [2.45, 2.75) is 13.5 Å². The Morgan fingerprint density at radius 3 is 2.70 bits per heavy atom. The molecule has 0 fully saturated rings. The third-order valence-electron chi connectivity index (χ3n) is 2.86. The van der Waals surface area contributed by atoms with Gasteiger partial charge < -0.3 is 10.5 Å². The fourth-order valence-electron chi connectivity index (χ4n) is 1.77. The first kappa shape index (κ1) is 14.1. The van der Waals surface area contributed by atoms with Crippen LogP contribution in [0.5, 0.6) is 5.75 Å². The third-order valence-corrected chi connectivity index (χ3v) is 2.86. The average molecular weight is 269 g/mol. The highest BCUT2D eigenvalue weighted by Crippen LogP contribution is 2.19. The van der Waals surface area contributed by atoms with Crippen LogP contribution < -0.4 is 10.5 Å². The fourth-order valence-corrected chi connectivity index (χ4v) is 1.77. The monoisotopic (exact) mass is 269 g/mol. The van der Waals surface area contributed by atoms with Crippen LogP contribution in [0.4, 0.5) is 4.39 Å². The summed E-state index contributed by atoms with van der Waals surface area (Å²) in [6.07, 6.45) is 0. The van der Waals surface area contributed by atoms with Gasteiger partial charge in [0.1, 0.15) is 18.2 Å². The van der Waals surface area contributed by atoms with Crippen LogP contribution in [-0.4, -0.2) is 6.54 Å². The summed E-state index contributed by atoms with van der Waals surface area (Å²) < 4.78 is 19.5. The van der Waals surface area contributed by atoms with Crippen LogP contribution in [0.25, 0.3) is 0 Å². The molecule has 3 heteroatoms. The first-order valence-corrected chi connectivity index (χ1v) is 6.36. The van der Waals surface area contributed by atoms with Crippen LogP contribution in [0.1, 0.15) is 16.7 Å². The molecular formula is C17H16FNO. The Labute approximate surface area is 118 Å². The van der Waals surface area contributed by atoms with E-state index in [-0.39, 0.29) is 19.0 Å². The first-order chi connectivity index (χ1) is 9.70. The van der Waals surface area contributed by atoms with Gasteiger partial charge in [-0.25, -0.2) is 4.39 Å². The topological polar surface area (TPSA) is 35.2 Å². The van der Waals surface area contributed by atoms with Crippen molar-refractivity contribution in [2.24, 2.45) is 5.73 Å². The van der Waals surface area contributed by atoms with Crippen molar-refractivity contribution in [2.75, 3.05) is 6.54 Å². The van der Waals surface area contributed by atoms with E-state index in [1.807, 2.05) is 31.2 Å². The normalized spacial score (nSPS) is 9.75. The van der Waals surface area contributed by atoms with E-state index in [0.717, 1.165) is 11.3 Å². The molecule has 0 aliphatic rings. The second-order valence-corrected chi connectivity index (χ2v) is 4.37. The number of aryl methyl sites for hydroxylation is 1. The Kier molecular flexibility index (Phi) is 4.75. The van der Waals surface area contributed by atoms with Gasteiger partial charge in [0.25, 0.3) is 0 Å². The minimum Gasteiger partial charge on any atom is -0.489 e. The molecule has 20 heavy (non-hydrogen) atoms. The van der Waals surface area contributed by atoms with Crippen LogP contribution >= 0.6 is 0 Å². The lowest BCUT2D eigenvalue weighted by Crippen LogP contribution is -2.00. The molecule has 2 aromatic rings. The first-order valence-electron chi connectivity index (χ1n) is 6.36. The zero-order chi connectivity index (χ0) is 14.4. The van der Waals surface area contributed by atoms with Crippen LogP contribution in [-0.2, 0) is 6.61 Å². The molecule has 0 aliphatic carbocycles. The van der Waals surface area contributed by atoms with Gasteiger partial charge in [0, 0.05) is 11.1 Å². The predicted molar refractivity (Wildman–Crippen MR) is 77.8 cm³/mol. The highest BCUT2D eigenvalue weighted by Gasteiger charge is 2.05. The standard InChI is InChI=1S/C17H16FNO/c1-13-5-2-3-7-17(13)20-12-15-9-8-14(6-4-10-19)11-16(15)18/h2-3,5,7-9,11H,10,12,19H2,1H3. The van der Waals surface area contributed by atoms with Crippen LogP contribution in [0.2, 0.25) is 0 Å². The second-order valence-electron chi connectivity index (χ2n) is 4.37. The summed E-state index contributed by atoms with van der Waals surface area (Å²) in [5.74, 6) is 5.94. The Morgan fingerprint density at radius 1 is 1.20 bits per heavy atom. The molecule has 0 radical (unpaired) electrons. The Balaban J connectivity index is 2.09. The van der Waals surface area contributed by atoms with Crippen molar-refractivity contribution in [3.8, 4) is 17.6 Å². The maximum atomic E-state index is 13.9. The lowest BCUT2D eigenvalue weighted by atomic mass is 10.1. The van der Waals surface area contributed by atoms with Crippen molar-refractivity contribution < 1.29 is 9.13 Å². The third kappa shape index (κ3) is 3.59. The highest BCUT2D eigenvalue weighted by molar-refractivity contribution is 5.37. The number of ether oxygens (including phenoxy) is 1. The summed E-state index contributed by atoms with van der Waals surface area (Å²) in [5, 5.41) is 0. The lowest BCUT2D eigenvalue weighted by Gasteiger charge is -2.09. The van der Waals surface area contributed by atoms with Crippen LogP contribution in [0.3, 0.4) is 0 Å². The smallest absolute Gasteiger partial charge is 0.131 e. The summed E-state index contributed by atoms with van der Waals surface area (Å²) in [4.78, 5) is 0. The Hall–Kier alpha value is -2.31. The van der Waals surface area contributed by atoms with Gasteiger partial charge in [0.05, 0.1) is 6.54 Å². The fraction of sp³-hybridized carbons (Fsp3) is 0.176. The number of para-hydroxylation sites is 1. The van der Waals surface area contributed by atoms with Gasteiger partial charge in [-0.1, -0.05) is 36.1 Å². The van der Waals surface area contributed by atoms with E-state index in [4.69, 9.17) is 10.5 Å². The van der Waals surface area contributed by atoms with Crippen molar-refractivity contribution in [3.63, 3.8) is 0 Å². The molecule has 0 atom stereocenters. The van der Waals surface area contributed by atoms with Gasteiger partial charge in [0.2, 0.25) is 0 Å². The van der Waals surface area contributed by atoms with Gasteiger partial charge in [-0.15, -0.1) is 0 Å². The van der Waals surface area contributed by atoms with Gasteiger partial charge >= 0.3 is 0 Å². The lowest BCUT2D eigenvalue weighted by molar-refractivity contribution is 0.298. The van der Waals surface area contributed by atoms with E-state index < -0.39 is 0 Å². The van der Waals surface area contributed by atoms with Gasteiger partial charge in [-0.2, -0.15) is 0 Å². The molecule has 0 saturated heterocycles. The summed E-state index contributed by atoms with van der Waals surface area (Å²) in [6.45, 7) is 2.41. The molecule has 0 aromatic heterocycles. The van der Waals surface area contributed by atoms with Crippen molar-refractivity contribution in [1.82, 2.24) is 0 Å². The summed E-state index contributed by atoms with van der Waals surface area (Å²) >= 11 is 0. The quantitative estimate of drug-likeness (QED) is 0.869. The summed E-state index contributed by atoms with van der Waals surface area (Å²) in [7, 11) is 0. The molecule has 0 saturated carbocycles. The Morgan fingerprint density at radius 2 is 2.00 bits per heavy atom. The summed E-state index contributed by atoms with van der Waals surface area (Å²) in [5.41, 5.74) is 7.43. The van der Waals surface area contributed by atoms with E-state index >= 15 is 0 Å². The van der Waals surface area contributed by atoms with E-state index in [9.17, 15) is 4.39 Å². The second kappa shape index (κ2) is 6.74. The minimum absolute atomic E-state index is 0.196. The van der Waals surface area contributed by atoms with Gasteiger partial charge in [-0.3, -0.25) is 0 Å². The van der Waals surface area contributed by atoms with E-state index in [0.29, 0.717) is 11.1 Å². The molecule has 0 spiro atoms. The van der Waals surface area contributed by atoms with E-state index in [1.165, 1.54) is 6.07 Å². The number of halogens is 1. The largest absolute Gasteiger partial charge is 0.489 e. The molecule has 0 heterocycles. The molecule has 0 bridgehead atoms. The molecule has 2 nitrogen and oxygen atoms in total. The van der Waals surface area contributed by atoms with Crippen molar-refractivity contribution in [3.05, 3.63) is 65.0 Å². The van der Waals surface area contributed by atoms with Crippen LogP contribution in [0.15, 0.2) is 42.5 Å². The molecule has 0 unspecified atom stereocenters.